The average molecular weight is 289 g/mol. The molecule has 0 fully saturated rings. The largest absolute Gasteiger partial charge is 0.341 e. The topological polar surface area (TPSA) is 66.5 Å². The quantitative estimate of drug-likeness (QED) is 0.722. The van der Waals surface area contributed by atoms with Gasteiger partial charge in [0, 0.05) is 11.4 Å². The van der Waals surface area contributed by atoms with Crippen molar-refractivity contribution in [3.8, 4) is 0 Å². The summed E-state index contributed by atoms with van der Waals surface area (Å²) in [5.74, 6) is -0.254. The highest BCUT2D eigenvalue weighted by molar-refractivity contribution is 7.99. The fraction of sp³-hybridized carbons (Fsp3) is 0.154. The van der Waals surface area contributed by atoms with Crippen LogP contribution >= 0.6 is 11.8 Å². The Labute approximate surface area is 119 Å². The Hall–Kier alpha value is -1.99. The van der Waals surface area contributed by atoms with Crippen molar-refractivity contribution in [1.82, 2.24) is 25.3 Å². The van der Waals surface area contributed by atoms with Crippen LogP contribution in [0.3, 0.4) is 0 Å². The first kappa shape index (κ1) is 13.0. The first-order valence-corrected chi connectivity index (χ1v) is 6.84. The molecule has 3 aromatic rings. The Balaban J connectivity index is 1.96. The Morgan fingerprint density at radius 2 is 2.15 bits per heavy atom. The highest BCUT2D eigenvalue weighted by Gasteiger charge is 2.09. The van der Waals surface area contributed by atoms with E-state index in [1.54, 1.807) is 6.33 Å². The van der Waals surface area contributed by atoms with Gasteiger partial charge in [0.25, 0.3) is 0 Å². The molecule has 0 saturated carbocycles. The Kier molecular flexibility index (Phi) is 3.62. The van der Waals surface area contributed by atoms with Crippen molar-refractivity contribution in [2.75, 3.05) is 7.05 Å². The van der Waals surface area contributed by atoms with Crippen molar-refractivity contribution < 1.29 is 4.39 Å². The van der Waals surface area contributed by atoms with E-state index in [0.29, 0.717) is 12.2 Å². The van der Waals surface area contributed by atoms with E-state index in [-0.39, 0.29) is 5.82 Å². The highest BCUT2D eigenvalue weighted by Crippen LogP contribution is 2.30. The Bertz CT molecular complexity index is 742. The molecule has 0 spiro atoms. The van der Waals surface area contributed by atoms with Gasteiger partial charge in [-0.15, -0.1) is 0 Å². The maximum absolute atomic E-state index is 13.6. The molecule has 0 amide bonds. The first-order valence-electron chi connectivity index (χ1n) is 6.02. The van der Waals surface area contributed by atoms with Gasteiger partial charge in [-0.2, -0.15) is 0 Å². The number of fused-ring (bicyclic) bond motifs is 1. The van der Waals surface area contributed by atoms with Crippen LogP contribution in [-0.2, 0) is 6.54 Å². The number of halogens is 1. The molecule has 2 heterocycles. The lowest BCUT2D eigenvalue weighted by molar-refractivity contribution is 0.619. The molecule has 0 saturated heterocycles. The van der Waals surface area contributed by atoms with E-state index >= 15 is 0 Å². The number of imidazole rings is 1. The van der Waals surface area contributed by atoms with Crippen molar-refractivity contribution in [3.63, 3.8) is 0 Å². The van der Waals surface area contributed by atoms with Gasteiger partial charge in [-0.05, 0) is 30.8 Å². The molecule has 102 valence electrons. The molecule has 2 aromatic heterocycles. The normalized spacial score (nSPS) is 11.1. The minimum atomic E-state index is -0.254. The molecule has 20 heavy (non-hydrogen) atoms. The SMILES string of the molecule is CNCc1cc(F)cc(Sc2ncnc3nc[nH]c23)c1. The lowest BCUT2D eigenvalue weighted by atomic mass is 10.2. The molecule has 0 bridgehead atoms. The number of aromatic amines is 1. The fourth-order valence-corrected chi connectivity index (χ4v) is 2.87. The summed E-state index contributed by atoms with van der Waals surface area (Å²) >= 11 is 1.39. The summed E-state index contributed by atoms with van der Waals surface area (Å²) in [4.78, 5) is 16.2. The van der Waals surface area contributed by atoms with Crippen LogP contribution in [0.5, 0.6) is 0 Å². The van der Waals surface area contributed by atoms with Crippen molar-refractivity contribution >= 4 is 22.9 Å². The van der Waals surface area contributed by atoms with Crippen LogP contribution < -0.4 is 5.32 Å². The number of nitrogens with one attached hydrogen (secondary N) is 2. The molecular weight excluding hydrogens is 277 g/mol. The van der Waals surface area contributed by atoms with Gasteiger partial charge in [-0.3, -0.25) is 0 Å². The maximum atomic E-state index is 13.6. The summed E-state index contributed by atoms with van der Waals surface area (Å²) in [6.07, 6.45) is 3.03. The van der Waals surface area contributed by atoms with Crippen LogP contribution in [0.2, 0.25) is 0 Å². The van der Waals surface area contributed by atoms with E-state index in [0.717, 1.165) is 21.0 Å². The Morgan fingerprint density at radius 1 is 1.25 bits per heavy atom. The summed E-state index contributed by atoms with van der Waals surface area (Å²) in [5, 5.41) is 3.74. The molecule has 7 heteroatoms. The molecule has 3 rings (SSSR count). The summed E-state index contributed by atoms with van der Waals surface area (Å²) in [6.45, 7) is 0.620. The monoisotopic (exact) mass is 289 g/mol. The molecule has 0 atom stereocenters. The third-order valence-electron chi connectivity index (χ3n) is 2.71. The van der Waals surface area contributed by atoms with Gasteiger partial charge in [-0.25, -0.2) is 19.3 Å². The summed E-state index contributed by atoms with van der Waals surface area (Å²) < 4.78 is 13.6. The second kappa shape index (κ2) is 5.56. The number of H-pyrrole nitrogens is 1. The van der Waals surface area contributed by atoms with Crippen molar-refractivity contribution in [3.05, 3.63) is 42.2 Å². The van der Waals surface area contributed by atoms with E-state index in [1.165, 1.54) is 30.2 Å². The number of nitrogens with zero attached hydrogens (tertiary/aromatic N) is 3. The van der Waals surface area contributed by atoms with Gasteiger partial charge in [0.1, 0.15) is 22.7 Å². The fourth-order valence-electron chi connectivity index (χ4n) is 1.92. The second-order valence-corrected chi connectivity index (χ2v) is 5.27. The zero-order valence-corrected chi connectivity index (χ0v) is 11.5. The van der Waals surface area contributed by atoms with Crippen molar-refractivity contribution in [1.29, 1.82) is 0 Å². The number of hydrogen-bond acceptors (Lipinski definition) is 5. The predicted octanol–water partition coefficient (Wildman–Crippen LogP) is 2.36. The predicted molar refractivity (Wildman–Crippen MR) is 75.0 cm³/mol. The molecule has 0 radical (unpaired) electrons. The van der Waals surface area contributed by atoms with Crippen LogP contribution in [0, 0.1) is 5.82 Å². The molecule has 5 nitrogen and oxygen atoms in total. The molecule has 0 aliphatic heterocycles. The van der Waals surface area contributed by atoms with Gasteiger partial charge in [-0.1, -0.05) is 11.8 Å². The summed E-state index contributed by atoms with van der Waals surface area (Å²) in [5.41, 5.74) is 2.26. The van der Waals surface area contributed by atoms with Crippen LogP contribution in [0.1, 0.15) is 5.56 Å². The van der Waals surface area contributed by atoms with Gasteiger partial charge < -0.3 is 10.3 Å². The van der Waals surface area contributed by atoms with Gasteiger partial charge in [0.15, 0.2) is 5.65 Å². The van der Waals surface area contributed by atoms with Crippen LogP contribution in [0.15, 0.2) is 40.8 Å². The smallest absolute Gasteiger partial charge is 0.181 e. The number of hydrogen-bond donors (Lipinski definition) is 2. The van der Waals surface area contributed by atoms with E-state index in [9.17, 15) is 4.39 Å². The lowest BCUT2D eigenvalue weighted by Crippen LogP contribution is -2.05. The van der Waals surface area contributed by atoms with E-state index in [2.05, 4.69) is 25.3 Å². The van der Waals surface area contributed by atoms with Gasteiger partial charge >= 0.3 is 0 Å². The Morgan fingerprint density at radius 3 is 3.00 bits per heavy atom. The zero-order valence-electron chi connectivity index (χ0n) is 10.7. The molecule has 0 unspecified atom stereocenters. The van der Waals surface area contributed by atoms with Crippen LogP contribution in [-0.4, -0.2) is 27.0 Å². The average Bonchev–Trinajstić information content (AvgIpc) is 2.88. The maximum Gasteiger partial charge on any atom is 0.181 e. The van der Waals surface area contributed by atoms with Crippen LogP contribution in [0.25, 0.3) is 11.2 Å². The van der Waals surface area contributed by atoms with Gasteiger partial charge in [0.05, 0.1) is 6.33 Å². The highest BCUT2D eigenvalue weighted by atomic mass is 32.2. The number of benzene rings is 1. The number of rotatable bonds is 4. The second-order valence-electron chi connectivity index (χ2n) is 4.21. The molecule has 2 N–H and O–H groups in total. The van der Waals surface area contributed by atoms with Crippen molar-refractivity contribution in [2.24, 2.45) is 0 Å². The third-order valence-corrected chi connectivity index (χ3v) is 3.69. The minimum Gasteiger partial charge on any atom is -0.341 e. The molecule has 0 aliphatic carbocycles. The first-order chi connectivity index (χ1) is 9.76. The summed E-state index contributed by atoms with van der Waals surface area (Å²) in [6, 6.07) is 4.95. The molecule has 1 aromatic carbocycles. The van der Waals surface area contributed by atoms with Crippen LogP contribution in [0.4, 0.5) is 4.39 Å². The molecular formula is C13H12FN5S. The third kappa shape index (κ3) is 2.63. The number of aromatic nitrogens is 4. The minimum absolute atomic E-state index is 0.254. The zero-order chi connectivity index (χ0) is 13.9. The van der Waals surface area contributed by atoms with Crippen molar-refractivity contribution in [2.45, 2.75) is 16.5 Å². The lowest BCUT2D eigenvalue weighted by Gasteiger charge is -2.05. The summed E-state index contributed by atoms with van der Waals surface area (Å²) in [7, 11) is 1.83. The van der Waals surface area contributed by atoms with E-state index in [1.807, 2.05) is 13.1 Å². The van der Waals surface area contributed by atoms with E-state index < -0.39 is 0 Å². The van der Waals surface area contributed by atoms with E-state index in [4.69, 9.17) is 0 Å². The molecule has 0 aliphatic rings. The van der Waals surface area contributed by atoms with Gasteiger partial charge in [0.2, 0.25) is 0 Å². The standard InChI is InChI=1S/C13H12FN5S/c1-15-5-8-2-9(14)4-10(3-8)20-13-11-12(17-6-16-11)18-7-19-13/h2-4,6-7,15H,5H2,1H3,(H,16,17,18,19).